The molecule has 0 aromatic carbocycles. The Morgan fingerprint density at radius 2 is 2.40 bits per heavy atom. The van der Waals surface area contributed by atoms with E-state index in [1.807, 2.05) is 5.38 Å². The normalized spacial score (nSPS) is 21.3. The second kappa shape index (κ2) is 9.69. The minimum absolute atomic E-state index is 0.0690. The zero-order valence-corrected chi connectivity index (χ0v) is 14.6. The number of amides is 1. The maximum Gasteiger partial charge on any atom is 0.478 e. The number of carbonyl (C=O) groups excluding carboxylic acids is 1. The molecule has 0 bridgehead atoms. The second-order valence-electron chi connectivity index (χ2n) is 5.36. The highest BCUT2D eigenvalue weighted by Gasteiger charge is 2.33. The standard InChI is InChI=1S/C15H21BN2O6S/c1-2-23-18-14(11-6-4-8-25-11)15(21)17-12-7-3-5-10(9-13(19)20)24-16(12)22/h3-6,8,10,12-13,19-20,22H,2,7,9H2,1H3,(H,17,21)/b18-14-/t10-,12+/m1/s1. The fourth-order valence-corrected chi connectivity index (χ4v) is 2.96. The Morgan fingerprint density at radius 3 is 3.04 bits per heavy atom. The highest BCUT2D eigenvalue weighted by Crippen LogP contribution is 2.15. The zero-order chi connectivity index (χ0) is 18.2. The second-order valence-corrected chi connectivity index (χ2v) is 6.31. The first-order valence-corrected chi connectivity index (χ1v) is 8.80. The van der Waals surface area contributed by atoms with E-state index in [0.717, 1.165) is 0 Å². The molecule has 2 heterocycles. The summed E-state index contributed by atoms with van der Waals surface area (Å²) < 4.78 is 5.35. The van der Waals surface area contributed by atoms with Gasteiger partial charge in [-0.2, -0.15) is 0 Å². The lowest BCUT2D eigenvalue weighted by Crippen LogP contribution is -2.50. The van der Waals surface area contributed by atoms with Crippen LogP contribution >= 0.6 is 11.3 Å². The van der Waals surface area contributed by atoms with Gasteiger partial charge in [0.1, 0.15) is 6.61 Å². The summed E-state index contributed by atoms with van der Waals surface area (Å²) >= 11 is 1.35. The molecule has 0 unspecified atom stereocenters. The van der Waals surface area contributed by atoms with E-state index in [9.17, 15) is 9.82 Å². The van der Waals surface area contributed by atoms with Gasteiger partial charge in [-0.1, -0.05) is 23.4 Å². The fraction of sp³-hybridized carbons (Fsp3) is 0.467. The van der Waals surface area contributed by atoms with Crippen molar-refractivity contribution in [2.24, 2.45) is 5.16 Å². The first-order chi connectivity index (χ1) is 12.0. The molecule has 1 aliphatic rings. The molecule has 0 fully saturated rings. The fourth-order valence-electron chi connectivity index (χ4n) is 2.26. The molecule has 0 spiro atoms. The number of oxime groups is 1. The van der Waals surface area contributed by atoms with Gasteiger partial charge in [0.25, 0.3) is 5.91 Å². The van der Waals surface area contributed by atoms with Crippen molar-refractivity contribution in [2.45, 2.75) is 38.1 Å². The lowest BCUT2D eigenvalue weighted by atomic mass is 9.77. The first-order valence-electron chi connectivity index (χ1n) is 7.92. The molecule has 8 nitrogen and oxygen atoms in total. The van der Waals surface area contributed by atoms with Crippen molar-refractivity contribution in [1.82, 2.24) is 5.32 Å². The van der Waals surface area contributed by atoms with Crippen molar-refractivity contribution in [3.8, 4) is 0 Å². The van der Waals surface area contributed by atoms with E-state index in [1.54, 1.807) is 31.2 Å². The molecule has 25 heavy (non-hydrogen) atoms. The van der Waals surface area contributed by atoms with Crippen LogP contribution in [0.3, 0.4) is 0 Å². The highest BCUT2D eigenvalue weighted by molar-refractivity contribution is 7.13. The average molecular weight is 368 g/mol. The molecule has 0 saturated carbocycles. The van der Waals surface area contributed by atoms with Gasteiger partial charge in [0.05, 0.1) is 16.9 Å². The number of thiophene rings is 1. The SMILES string of the molecule is CCO/N=C(\C(=O)N[C@H]1CC=C[C@H](CC(O)O)OB1O)c1cccs1. The predicted octanol–water partition coefficient (Wildman–Crippen LogP) is 0.0391. The van der Waals surface area contributed by atoms with Gasteiger partial charge < -0.3 is 30.0 Å². The summed E-state index contributed by atoms with van der Waals surface area (Å²) in [6, 6.07) is 3.55. The number of aliphatic hydroxyl groups excluding tert-OH is 1. The molecule has 1 aliphatic heterocycles. The Bertz CT molecular complexity index is 607. The van der Waals surface area contributed by atoms with E-state index in [-0.39, 0.29) is 12.1 Å². The molecule has 4 N–H and O–H groups in total. The van der Waals surface area contributed by atoms with Crippen LogP contribution in [0.1, 0.15) is 24.6 Å². The quantitative estimate of drug-likeness (QED) is 0.177. The Balaban J connectivity index is 2.04. The summed E-state index contributed by atoms with van der Waals surface area (Å²) in [6.07, 6.45) is 1.42. The molecule has 0 aliphatic carbocycles. The zero-order valence-electron chi connectivity index (χ0n) is 13.7. The van der Waals surface area contributed by atoms with Gasteiger partial charge in [-0.3, -0.25) is 4.79 Å². The Hall–Kier alpha value is -1.72. The third kappa shape index (κ3) is 5.94. The molecular weight excluding hydrogens is 347 g/mol. The van der Waals surface area contributed by atoms with Crippen molar-refractivity contribution >= 4 is 30.1 Å². The van der Waals surface area contributed by atoms with Gasteiger partial charge in [0.15, 0.2) is 12.0 Å². The summed E-state index contributed by atoms with van der Waals surface area (Å²) in [5.74, 6) is -1.19. The van der Waals surface area contributed by atoms with Crippen molar-refractivity contribution in [3.63, 3.8) is 0 Å². The van der Waals surface area contributed by atoms with Gasteiger partial charge in [0, 0.05) is 6.42 Å². The van der Waals surface area contributed by atoms with Crippen molar-refractivity contribution < 1.29 is 29.5 Å². The van der Waals surface area contributed by atoms with Crippen LogP contribution in [0.15, 0.2) is 34.8 Å². The van der Waals surface area contributed by atoms with E-state index in [0.29, 0.717) is 17.9 Å². The van der Waals surface area contributed by atoms with Gasteiger partial charge in [-0.25, -0.2) is 0 Å². The summed E-state index contributed by atoms with van der Waals surface area (Å²) in [4.78, 5) is 18.2. The van der Waals surface area contributed by atoms with Crippen LogP contribution in [0, 0.1) is 0 Å². The molecule has 0 saturated heterocycles. The van der Waals surface area contributed by atoms with Gasteiger partial charge in [-0.05, 0) is 24.8 Å². The van der Waals surface area contributed by atoms with Crippen LogP contribution in [0.4, 0.5) is 0 Å². The van der Waals surface area contributed by atoms with E-state index in [2.05, 4.69) is 10.5 Å². The maximum absolute atomic E-state index is 12.5. The Morgan fingerprint density at radius 1 is 1.60 bits per heavy atom. The van der Waals surface area contributed by atoms with Crippen molar-refractivity contribution in [3.05, 3.63) is 34.5 Å². The molecule has 1 aromatic rings. The number of hydrogen-bond acceptors (Lipinski definition) is 8. The number of carbonyl (C=O) groups is 1. The summed E-state index contributed by atoms with van der Waals surface area (Å²) in [7, 11) is -1.29. The molecule has 1 aromatic heterocycles. The van der Waals surface area contributed by atoms with E-state index in [1.165, 1.54) is 11.3 Å². The minimum Gasteiger partial charge on any atom is -0.426 e. The third-order valence-corrected chi connectivity index (χ3v) is 4.29. The van der Waals surface area contributed by atoms with Gasteiger partial charge in [0.2, 0.25) is 0 Å². The van der Waals surface area contributed by atoms with Crippen LogP contribution in [-0.4, -0.2) is 58.9 Å². The van der Waals surface area contributed by atoms with E-state index < -0.39 is 31.4 Å². The number of aliphatic hydroxyl groups is 2. The van der Waals surface area contributed by atoms with Crippen LogP contribution in [0.2, 0.25) is 0 Å². The first kappa shape index (κ1) is 19.6. The lowest BCUT2D eigenvalue weighted by Gasteiger charge is -2.21. The Kier molecular flexibility index (Phi) is 7.60. The largest absolute Gasteiger partial charge is 0.478 e. The van der Waals surface area contributed by atoms with Crippen molar-refractivity contribution in [1.29, 1.82) is 0 Å². The minimum atomic E-state index is -1.54. The topological polar surface area (TPSA) is 121 Å². The lowest BCUT2D eigenvalue weighted by molar-refractivity contribution is -0.115. The molecule has 136 valence electrons. The number of rotatable bonds is 7. The predicted molar refractivity (Wildman–Crippen MR) is 93.9 cm³/mol. The van der Waals surface area contributed by atoms with E-state index in [4.69, 9.17) is 19.7 Å². The van der Waals surface area contributed by atoms with E-state index >= 15 is 0 Å². The van der Waals surface area contributed by atoms with Crippen LogP contribution in [0.25, 0.3) is 0 Å². The van der Waals surface area contributed by atoms with Crippen molar-refractivity contribution in [2.75, 3.05) is 6.61 Å². The van der Waals surface area contributed by atoms with Gasteiger partial charge >= 0.3 is 7.12 Å². The average Bonchev–Trinajstić information content (AvgIpc) is 3.02. The monoisotopic (exact) mass is 368 g/mol. The Labute approximate surface area is 149 Å². The third-order valence-electron chi connectivity index (χ3n) is 3.41. The van der Waals surface area contributed by atoms with Gasteiger partial charge in [-0.15, -0.1) is 11.3 Å². The molecular formula is C15H21BN2O6S. The van der Waals surface area contributed by atoms with Crippen LogP contribution in [0.5, 0.6) is 0 Å². The summed E-state index contributed by atoms with van der Waals surface area (Å²) in [5, 5.41) is 36.6. The number of nitrogens with one attached hydrogen (secondary N) is 1. The smallest absolute Gasteiger partial charge is 0.426 e. The maximum atomic E-state index is 12.5. The molecule has 10 heteroatoms. The number of hydrogen-bond donors (Lipinski definition) is 4. The van der Waals surface area contributed by atoms with Crippen LogP contribution < -0.4 is 5.32 Å². The molecule has 2 atom stereocenters. The summed E-state index contributed by atoms with van der Waals surface area (Å²) in [5.41, 5.74) is 0.125. The molecule has 2 rings (SSSR count). The molecule has 0 radical (unpaired) electrons. The highest BCUT2D eigenvalue weighted by atomic mass is 32.1. The summed E-state index contributed by atoms with van der Waals surface area (Å²) in [6.45, 7) is 2.09. The van der Waals surface area contributed by atoms with Crippen LogP contribution in [-0.2, 0) is 14.3 Å². The molecule has 1 amide bonds. The number of nitrogens with zero attached hydrogens (tertiary/aromatic N) is 1.